The molecule has 30 heavy (non-hydrogen) atoms. The third-order valence-corrected chi connectivity index (χ3v) is 5.08. The molecule has 0 aliphatic carbocycles. The second-order valence-electron chi connectivity index (χ2n) is 7.06. The number of rotatable bonds is 8. The topological polar surface area (TPSA) is 64.6 Å². The zero-order valence-electron chi connectivity index (χ0n) is 18.5. The van der Waals surface area contributed by atoms with Gasteiger partial charge in [0, 0.05) is 11.4 Å². The van der Waals surface area contributed by atoms with Crippen molar-refractivity contribution in [1.29, 1.82) is 0 Å². The fourth-order valence-electron chi connectivity index (χ4n) is 3.72. The maximum absolute atomic E-state index is 12.9. The van der Waals surface area contributed by atoms with Crippen molar-refractivity contribution in [3.8, 4) is 0 Å². The van der Waals surface area contributed by atoms with E-state index in [4.69, 9.17) is 9.47 Å². The van der Waals surface area contributed by atoms with E-state index < -0.39 is 17.9 Å². The molecule has 0 bridgehead atoms. The highest BCUT2D eigenvalue weighted by Crippen LogP contribution is 2.41. The van der Waals surface area contributed by atoms with E-state index in [9.17, 15) is 9.59 Å². The molecular weight excluding hydrogens is 378 g/mol. The van der Waals surface area contributed by atoms with Gasteiger partial charge in [-0.2, -0.15) is 0 Å². The first kappa shape index (κ1) is 23.2. The molecule has 160 valence electrons. The molecule has 0 aromatic heterocycles. The van der Waals surface area contributed by atoms with Gasteiger partial charge >= 0.3 is 11.9 Å². The molecule has 0 amide bonds. The van der Waals surface area contributed by atoms with Crippen molar-refractivity contribution in [2.24, 2.45) is 0 Å². The van der Waals surface area contributed by atoms with Gasteiger partial charge in [0.2, 0.25) is 0 Å². The van der Waals surface area contributed by atoms with Crippen LogP contribution in [0.3, 0.4) is 0 Å². The van der Waals surface area contributed by atoms with Crippen molar-refractivity contribution in [3.63, 3.8) is 0 Å². The number of hydrogen-bond donors (Lipinski definition) is 1. The number of carbonyl (C=O) groups is 2. The second kappa shape index (κ2) is 10.6. The van der Waals surface area contributed by atoms with E-state index in [0.29, 0.717) is 22.5 Å². The molecule has 1 heterocycles. The lowest BCUT2D eigenvalue weighted by Crippen LogP contribution is -2.33. The van der Waals surface area contributed by atoms with Crippen LogP contribution in [0.2, 0.25) is 0 Å². The summed E-state index contributed by atoms with van der Waals surface area (Å²) in [5.41, 5.74) is 5.11. The normalized spacial score (nSPS) is 14.7. The number of dihydropyridines is 1. The summed E-state index contributed by atoms with van der Waals surface area (Å²) in [7, 11) is 0. The van der Waals surface area contributed by atoms with Gasteiger partial charge in [0.15, 0.2) is 0 Å². The highest BCUT2D eigenvalue weighted by Gasteiger charge is 2.38. The van der Waals surface area contributed by atoms with Crippen LogP contribution in [0.1, 0.15) is 56.7 Å². The van der Waals surface area contributed by atoms with E-state index >= 15 is 0 Å². The Morgan fingerprint density at radius 1 is 1.03 bits per heavy atom. The SMILES string of the molecule is C=CC/C=C\c1cccc(C2C(C(=O)OCC)=C(C)NC(C)=C2C(=O)OCC)c1C. The molecule has 0 spiro atoms. The van der Waals surface area contributed by atoms with Gasteiger partial charge in [0.05, 0.1) is 30.3 Å². The van der Waals surface area contributed by atoms with Crippen LogP contribution in [0.15, 0.2) is 59.5 Å². The summed E-state index contributed by atoms with van der Waals surface area (Å²) in [5, 5.41) is 3.17. The Hall–Kier alpha value is -3.08. The quantitative estimate of drug-likeness (QED) is 0.486. The predicted octanol–water partition coefficient (Wildman–Crippen LogP) is 4.95. The van der Waals surface area contributed by atoms with Crippen LogP contribution in [0.4, 0.5) is 0 Å². The number of benzene rings is 1. The molecule has 1 aromatic carbocycles. The fourth-order valence-corrected chi connectivity index (χ4v) is 3.72. The Balaban J connectivity index is 2.71. The number of nitrogens with one attached hydrogen (secondary N) is 1. The van der Waals surface area contributed by atoms with E-state index in [0.717, 1.165) is 23.1 Å². The van der Waals surface area contributed by atoms with Crippen LogP contribution in [0, 0.1) is 6.92 Å². The Labute approximate surface area is 179 Å². The van der Waals surface area contributed by atoms with Crippen molar-refractivity contribution in [2.75, 3.05) is 13.2 Å². The van der Waals surface area contributed by atoms with Gasteiger partial charge in [-0.3, -0.25) is 0 Å². The number of carbonyl (C=O) groups excluding carboxylic acids is 2. The molecule has 1 aliphatic rings. The van der Waals surface area contributed by atoms with Gasteiger partial charge < -0.3 is 14.8 Å². The summed E-state index contributed by atoms with van der Waals surface area (Å²) in [4.78, 5) is 25.8. The molecule has 2 rings (SSSR count). The summed E-state index contributed by atoms with van der Waals surface area (Å²) < 4.78 is 10.7. The lowest BCUT2D eigenvalue weighted by molar-refractivity contribution is -0.139. The zero-order valence-corrected chi connectivity index (χ0v) is 18.5. The van der Waals surface area contributed by atoms with Crippen LogP contribution in [0.5, 0.6) is 0 Å². The first-order chi connectivity index (χ1) is 14.4. The molecule has 0 saturated carbocycles. The zero-order chi connectivity index (χ0) is 22.3. The predicted molar refractivity (Wildman–Crippen MR) is 120 cm³/mol. The maximum Gasteiger partial charge on any atom is 0.336 e. The minimum Gasteiger partial charge on any atom is -0.463 e. The Morgan fingerprint density at radius 2 is 1.60 bits per heavy atom. The largest absolute Gasteiger partial charge is 0.463 e. The lowest BCUT2D eigenvalue weighted by atomic mass is 9.78. The Bertz CT molecular complexity index is 881. The van der Waals surface area contributed by atoms with Gasteiger partial charge in [-0.1, -0.05) is 36.4 Å². The highest BCUT2D eigenvalue weighted by molar-refractivity contribution is 6.00. The minimum atomic E-state index is -0.572. The summed E-state index contributed by atoms with van der Waals surface area (Å²) in [6.07, 6.45) is 6.65. The van der Waals surface area contributed by atoms with Gasteiger partial charge in [-0.25, -0.2) is 9.59 Å². The van der Waals surface area contributed by atoms with Crippen molar-refractivity contribution >= 4 is 18.0 Å². The Kier molecular flexibility index (Phi) is 8.22. The molecule has 1 aliphatic heterocycles. The average molecular weight is 410 g/mol. The standard InChI is InChI=1S/C25H31NO4/c1-7-10-11-13-19-14-12-15-20(16(19)4)23-21(24(27)29-8-2)17(5)26-18(6)22(23)25(28)30-9-3/h7,11-15,23,26H,1,8-10H2,2-6H3/b13-11-. The first-order valence-electron chi connectivity index (χ1n) is 10.3. The first-order valence-corrected chi connectivity index (χ1v) is 10.3. The van der Waals surface area contributed by atoms with E-state index in [2.05, 4.69) is 11.9 Å². The van der Waals surface area contributed by atoms with Crippen molar-refractivity contribution in [3.05, 3.63) is 76.2 Å². The molecule has 5 nitrogen and oxygen atoms in total. The van der Waals surface area contributed by atoms with E-state index in [1.165, 1.54) is 0 Å². The number of ether oxygens (including phenoxy) is 2. The van der Waals surface area contributed by atoms with Crippen LogP contribution < -0.4 is 5.32 Å². The molecule has 0 fully saturated rings. The molecule has 0 atom stereocenters. The summed E-state index contributed by atoms with van der Waals surface area (Å²) in [6, 6.07) is 5.91. The van der Waals surface area contributed by atoms with E-state index in [-0.39, 0.29) is 13.2 Å². The number of esters is 2. The summed E-state index contributed by atoms with van der Waals surface area (Å²) >= 11 is 0. The van der Waals surface area contributed by atoms with Gasteiger partial charge in [-0.15, -0.1) is 6.58 Å². The lowest BCUT2D eigenvalue weighted by Gasteiger charge is -2.31. The van der Waals surface area contributed by atoms with Crippen LogP contribution in [0.25, 0.3) is 6.08 Å². The van der Waals surface area contributed by atoms with Crippen LogP contribution in [-0.2, 0) is 19.1 Å². The fraction of sp³-hybridized carbons (Fsp3) is 0.360. The Morgan fingerprint density at radius 3 is 2.10 bits per heavy atom. The third kappa shape index (κ3) is 4.90. The maximum atomic E-state index is 12.9. The van der Waals surface area contributed by atoms with Crippen molar-refractivity contribution in [2.45, 2.75) is 47.0 Å². The number of allylic oxidation sites excluding steroid dienone is 4. The second-order valence-corrected chi connectivity index (χ2v) is 7.06. The highest BCUT2D eigenvalue weighted by atomic mass is 16.5. The molecule has 1 aromatic rings. The summed E-state index contributed by atoms with van der Waals surface area (Å²) in [6.45, 7) is 13.4. The monoisotopic (exact) mass is 409 g/mol. The third-order valence-electron chi connectivity index (χ3n) is 5.08. The van der Waals surface area contributed by atoms with E-state index in [1.54, 1.807) is 13.8 Å². The van der Waals surface area contributed by atoms with E-state index in [1.807, 2.05) is 57.2 Å². The van der Waals surface area contributed by atoms with Crippen molar-refractivity contribution in [1.82, 2.24) is 5.32 Å². The minimum absolute atomic E-state index is 0.253. The molecule has 0 unspecified atom stereocenters. The van der Waals surface area contributed by atoms with Gasteiger partial charge in [0.25, 0.3) is 0 Å². The molecule has 1 N–H and O–H groups in total. The van der Waals surface area contributed by atoms with Crippen LogP contribution in [-0.4, -0.2) is 25.2 Å². The van der Waals surface area contributed by atoms with Crippen LogP contribution >= 0.6 is 0 Å². The molecular formula is C25H31NO4. The molecule has 0 saturated heterocycles. The van der Waals surface area contributed by atoms with Crippen molar-refractivity contribution < 1.29 is 19.1 Å². The molecule has 0 radical (unpaired) electrons. The van der Waals surface area contributed by atoms with Gasteiger partial charge in [0.1, 0.15) is 0 Å². The molecule has 5 heteroatoms. The smallest absolute Gasteiger partial charge is 0.336 e. The summed E-state index contributed by atoms with van der Waals surface area (Å²) in [5.74, 6) is -1.44. The number of hydrogen-bond acceptors (Lipinski definition) is 5. The van der Waals surface area contributed by atoms with Gasteiger partial charge in [-0.05, 0) is 57.7 Å². The average Bonchev–Trinajstić information content (AvgIpc) is 2.69.